The second-order valence-electron chi connectivity index (χ2n) is 7.19. The van der Waals surface area contributed by atoms with Gasteiger partial charge in [0.2, 0.25) is 5.91 Å². The fourth-order valence-electron chi connectivity index (χ4n) is 3.68. The molecule has 0 bridgehead atoms. The van der Waals surface area contributed by atoms with Crippen molar-refractivity contribution in [3.05, 3.63) is 60.0 Å². The van der Waals surface area contributed by atoms with Gasteiger partial charge >= 0.3 is 0 Å². The third-order valence-electron chi connectivity index (χ3n) is 5.38. The first-order valence-corrected chi connectivity index (χ1v) is 9.54. The topological polar surface area (TPSA) is 82.2 Å². The number of nitrogens with zero attached hydrogens (tertiary/aromatic N) is 3. The Morgan fingerprint density at radius 2 is 2.04 bits per heavy atom. The minimum atomic E-state index is -0.240. The predicted molar refractivity (Wildman–Crippen MR) is 107 cm³/mol. The molecular weight excluding hydrogens is 352 g/mol. The van der Waals surface area contributed by atoms with Gasteiger partial charge in [-0.15, -0.1) is 0 Å². The first-order valence-electron chi connectivity index (χ1n) is 9.54. The van der Waals surface area contributed by atoms with Gasteiger partial charge in [-0.3, -0.25) is 9.69 Å². The van der Waals surface area contributed by atoms with Gasteiger partial charge < -0.3 is 9.73 Å². The molecule has 28 heavy (non-hydrogen) atoms. The summed E-state index contributed by atoms with van der Waals surface area (Å²) < 4.78 is 5.92. The van der Waals surface area contributed by atoms with Crippen molar-refractivity contribution < 1.29 is 9.21 Å². The standard InChI is InChI=1S/C22H22N4O2/c1-15(21(27)24-18-6-4-5-16(13-18)14-23)26-11-9-17(10-12-26)22-25-19-7-2-3-8-20(19)28-22/h2-8,13,15,17H,9-12H2,1H3,(H,24,27). The Labute approximate surface area is 163 Å². The highest BCUT2D eigenvalue weighted by Crippen LogP contribution is 2.30. The Balaban J connectivity index is 1.36. The molecule has 0 radical (unpaired) electrons. The van der Waals surface area contributed by atoms with Crippen LogP contribution in [0.4, 0.5) is 5.69 Å². The van der Waals surface area contributed by atoms with Gasteiger partial charge in [0.1, 0.15) is 5.52 Å². The molecule has 0 spiro atoms. The first-order chi connectivity index (χ1) is 13.6. The van der Waals surface area contributed by atoms with Crippen molar-refractivity contribution in [2.24, 2.45) is 0 Å². The van der Waals surface area contributed by atoms with E-state index in [2.05, 4.69) is 21.3 Å². The number of amides is 1. The molecular formula is C22H22N4O2. The molecule has 6 nitrogen and oxygen atoms in total. The molecule has 0 aliphatic carbocycles. The number of likely N-dealkylation sites (tertiary alicyclic amines) is 1. The van der Waals surface area contributed by atoms with Crippen molar-refractivity contribution in [1.82, 2.24) is 9.88 Å². The van der Waals surface area contributed by atoms with Crippen LogP contribution < -0.4 is 5.32 Å². The van der Waals surface area contributed by atoms with E-state index in [4.69, 9.17) is 9.68 Å². The largest absolute Gasteiger partial charge is 0.440 e. The van der Waals surface area contributed by atoms with Gasteiger partial charge in [-0.2, -0.15) is 5.26 Å². The van der Waals surface area contributed by atoms with E-state index in [0.717, 1.165) is 42.9 Å². The summed E-state index contributed by atoms with van der Waals surface area (Å²) in [4.78, 5) is 19.4. The number of nitriles is 1. The summed E-state index contributed by atoms with van der Waals surface area (Å²) >= 11 is 0. The molecule has 2 heterocycles. The number of aromatic nitrogens is 1. The fraction of sp³-hybridized carbons (Fsp3) is 0.318. The molecule has 1 amide bonds. The van der Waals surface area contributed by atoms with E-state index in [1.165, 1.54) is 0 Å². The summed E-state index contributed by atoms with van der Waals surface area (Å²) in [5.41, 5.74) is 2.90. The molecule has 1 N–H and O–H groups in total. The average molecular weight is 374 g/mol. The number of anilines is 1. The predicted octanol–water partition coefficient (Wildman–Crippen LogP) is 3.91. The van der Waals surface area contributed by atoms with Crippen LogP contribution in [-0.2, 0) is 4.79 Å². The van der Waals surface area contributed by atoms with Crippen LogP contribution in [0, 0.1) is 11.3 Å². The maximum atomic E-state index is 12.6. The number of carbonyl (C=O) groups excluding carboxylic acids is 1. The number of benzene rings is 2. The van der Waals surface area contributed by atoms with Crippen molar-refractivity contribution in [1.29, 1.82) is 5.26 Å². The highest BCUT2D eigenvalue weighted by molar-refractivity contribution is 5.94. The number of rotatable bonds is 4. The minimum absolute atomic E-state index is 0.0598. The number of para-hydroxylation sites is 2. The second kappa shape index (κ2) is 7.83. The van der Waals surface area contributed by atoms with Crippen LogP contribution in [0.3, 0.4) is 0 Å². The molecule has 0 saturated carbocycles. The van der Waals surface area contributed by atoms with Crippen molar-refractivity contribution in [2.45, 2.75) is 31.7 Å². The number of hydrogen-bond donors (Lipinski definition) is 1. The number of hydrogen-bond acceptors (Lipinski definition) is 5. The van der Waals surface area contributed by atoms with E-state index in [0.29, 0.717) is 11.3 Å². The van der Waals surface area contributed by atoms with Crippen LogP contribution in [0.25, 0.3) is 11.1 Å². The van der Waals surface area contributed by atoms with Crippen LogP contribution in [0.15, 0.2) is 52.9 Å². The van der Waals surface area contributed by atoms with Crippen LogP contribution in [0.1, 0.15) is 37.1 Å². The number of carbonyl (C=O) groups is 1. The zero-order chi connectivity index (χ0) is 19.5. The Kier molecular flexibility index (Phi) is 5.09. The third kappa shape index (κ3) is 3.75. The quantitative estimate of drug-likeness (QED) is 0.749. The maximum absolute atomic E-state index is 12.6. The fourth-order valence-corrected chi connectivity index (χ4v) is 3.68. The van der Waals surface area contributed by atoms with E-state index in [9.17, 15) is 4.79 Å². The first kappa shape index (κ1) is 18.2. The third-order valence-corrected chi connectivity index (χ3v) is 5.38. The van der Waals surface area contributed by atoms with Gasteiger partial charge in [0.25, 0.3) is 0 Å². The van der Waals surface area contributed by atoms with Gasteiger partial charge in [0, 0.05) is 11.6 Å². The molecule has 1 aromatic heterocycles. The lowest BCUT2D eigenvalue weighted by atomic mass is 9.95. The number of piperidine rings is 1. The molecule has 6 heteroatoms. The highest BCUT2D eigenvalue weighted by atomic mass is 16.3. The number of fused-ring (bicyclic) bond motifs is 1. The zero-order valence-electron chi connectivity index (χ0n) is 15.8. The Hall–Kier alpha value is -3.17. The molecule has 1 saturated heterocycles. The maximum Gasteiger partial charge on any atom is 0.241 e. The molecule has 2 aromatic carbocycles. The second-order valence-corrected chi connectivity index (χ2v) is 7.19. The molecule has 3 aromatic rings. The van der Waals surface area contributed by atoms with Crippen LogP contribution in [0.5, 0.6) is 0 Å². The van der Waals surface area contributed by atoms with Crippen molar-refractivity contribution in [3.8, 4) is 6.07 Å². The van der Waals surface area contributed by atoms with Gasteiger partial charge in [-0.25, -0.2) is 4.98 Å². The van der Waals surface area contributed by atoms with Gasteiger partial charge in [-0.1, -0.05) is 18.2 Å². The normalized spacial score (nSPS) is 16.6. The van der Waals surface area contributed by atoms with Gasteiger partial charge in [-0.05, 0) is 63.2 Å². The van der Waals surface area contributed by atoms with Crippen molar-refractivity contribution in [2.75, 3.05) is 18.4 Å². The smallest absolute Gasteiger partial charge is 0.241 e. The van der Waals surface area contributed by atoms with Gasteiger partial charge in [0.05, 0.1) is 17.7 Å². The zero-order valence-corrected chi connectivity index (χ0v) is 15.8. The van der Waals surface area contributed by atoms with E-state index >= 15 is 0 Å². The number of oxazole rings is 1. The van der Waals surface area contributed by atoms with E-state index in [1.807, 2.05) is 31.2 Å². The molecule has 1 aliphatic rings. The molecule has 1 aliphatic heterocycles. The Morgan fingerprint density at radius 1 is 1.25 bits per heavy atom. The SMILES string of the molecule is CC(C(=O)Nc1cccc(C#N)c1)N1CCC(c2nc3ccccc3o2)CC1. The van der Waals surface area contributed by atoms with E-state index < -0.39 is 0 Å². The van der Waals surface area contributed by atoms with Crippen molar-refractivity contribution >= 4 is 22.7 Å². The Bertz CT molecular complexity index is 995. The average Bonchev–Trinajstić information content (AvgIpc) is 3.17. The summed E-state index contributed by atoms with van der Waals surface area (Å²) in [5, 5.41) is 11.9. The van der Waals surface area contributed by atoms with Crippen LogP contribution in [0.2, 0.25) is 0 Å². The lowest BCUT2D eigenvalue weighted by Crippen LogP contribution is -2.45. The Morgan fingerprint density at radius 3 is 2.79 bits per heavy atom. The lowest BCUT2D eigenvalue weighted by Gasteiger charge is -2.34. The summed E-state index contributed by atoms with van der Waals surface area (Å²) in [5.74, 6) is 1.02. The summed E-state index contributed by atoms with van der Waals surface area (Å²) in [6, 6.07) is 16.6. The molecule has 142 valence electrons. The molecule has 4 rings (SSSR count). The lowest BCUT2D eigenvalue weighted by molar-refractivity contribution is -0.121. The number of nitrogens with one attached hydrogen (secondary N) is 1. The minimum Gasteiger partial charge on any atom is -0.440 e. The summed E-state index contributed by atoms with van der Waals surface area (Å²) in [6.07, 6.45) is 1.82. The monoisotopic (exact) mass is 374 g/mol. The molecule has 1 atom stereocenters. The summed E-state index contributed by atoms with van der Waals surface area (Å²) in [7, 11) is 0. The molecule has 1 unspecified atom stereocenters. The van der Waals surface area contributed by atoms with Crippen LogP contribution in [-0.4, -0.2) is 34.9 Å². The van der Waals surface area contributed by atoms with Crippen LogP contribution >= 0.6 is 0 Å². The highest BCUT2D eigenvalue weighted by Gasteiger charge is 2.29. The summed E-state index contributed by atoms with van der Waals surface area (Å²) in [6.45, 7) is 3.55. The van der Waals surface area contributed by atoms with E-state index in [1.54, 1.807) is 24.3 Å². The van der Waals surface area contributed by atoms with Gasteiger partial charge in [0.15, 0.2) is 11.5 Å². The van der Waals surface area contributed by atoms with Crippen molar-refractivity contribution in [3.63, 3.8) is 0 Å². The van der Waals surface area contributed by atoms with E-state index in [-0.39, 0.29) is 17.9 Å². The molecule has 1 fully saturated rings.